The second-order valence-corrected chi connectivity index (χ2v) is 5.52. The van der Waals surface area contributed by atoms with Crippen LogP contribution in [-0.2, 0) is 5.75 Å². The molecule has 0 N–H and O–H groups in total. The Hall–Kier alpha value is -2.54. The van der Waals surface area contributed by atoms with Crippen LogP contribution in [0.4, 0.5) is 0 Å². The van der Waals surface area contributed by atoms with Crippen molar-refractivity contribution in [2.24, 2.45) is 0 Å². The first-order valence-electron chi connectivity index (χ1n) is 6.89. The van der Waals surface area contributed by atoms with Gasteiger partial charge in [-0.25, -0.2) is 4.98 Å². The molecule has 23 heavy (non-hydrogen) atoms. The Bertz CT molecular complexity index is 777. The number of nitrogens with zero attached hydrogens (tertiary/aromatic N) is 3. The number of methoxy groups -OCH3 is 2. The molecule has 1 aromatic carbocycles. The van der Waals surface area contributed by atoms with E-state index in [1.54, 1.807) is 38.2 Å². The van der Waals surface area contributed by atoms with E-state index in [1.807, 2.05) is 30.3 Å². The lowest BCUT2D eigenvalue weighted by atomic mass is 10.2. The van der Waals surface area contributed by atoms with E-state index in [2.05, 4.69) is 15.2 Å². The van der Waals surface area contributed by atoms with E-state index in [-0.39, 0.29) is 0 Å². The van der Waals surface area contributed by atoms with E-state index < -0.39 is 0 Å². The molecule has 6 nitrogen and oxygen atoms in total. The zero-order valence-corrected chi connectivity index (χ0v) is 13.5. The highest BCUT2D eigenvalue weighted by atomic mass is 32.2. The molecule has 0 atom stereocenters. The van der Waals surface area contributed by atoms with Gasteiger partial charge in [0.05, 0.1) is 25.0 Å². The lowest BCUT2D eigenvalue weighted by molar-refractivity contribution is 0.355. The molecule has 0 aliphatic rings. The summed E-state index contributed by atoms with van der Waals surface area (Å²) in [4.78, 5) is 4.24. The van der Waals surface area contributed by atoms with Crippen molar-refractivity contribution in [2.75, 3.05) is 14.2 Å². The SMILES string of the molecule is COc1ccc(-c2nnc(CSc3ccccn3)o2)cc1OC. The van der Waals surface area contributed by atoms with Gasteiger partial charge in [0, 0.05) is 11.8 Å². The molecular formula is C16H15N3O3S. The van der Waals surface area contributed by atoms with Gasteiger partial charge >= 0.3 is 0 Å². The van der Waals surface area contributed by atoms with Crippen molar-refractivity contribution >= 4 is 11.8 Å². The van der Waals surface area contributed by atoms with E-state index in [1.165, 1.54) is 0 Å². The predicted molar refractivity (Wildman–Crippen MR) is 86.6 cm³/mol. The average Bonchev–Trinajstić information content (AvgIpc) is 3.09. The summed E-state index contributed by atoms with van der Waals surface area (Å²) in [5.74, 6) is 2.83. The standard InChI is InChI=1S/C16H15N3O3S/c1-20-12-7-6-11(9-13(12)21-2)16-19-18-14(22-16)10-23-15-5-3-4-8-17-15/h3-9H,10H2,1-2H3. The van der Waals surface area contributed by atoms with Crippen LogP contribution in [0.15, 0.2) is 52.0 Å². The molecule has 0 fully saturated rings. The number of aromatic nitrogens is 3. The summed E-state index contributed by atoms with van der Waals surface area (Å²) >= 11 is 1.54. The topological polar surface area (TPSA) is 70.3 Å². The van der Waals surface area contributed by atoms with Gasteiger partial charge in [0.1, 0.15) is 0 Å². The average molecular weight is 329 g/mol. The number of benzene rings is 1. The molecule has 3 rings (SSSR count). The van der Waals surface area contributed by atoms with Gasteiger partial charge in [-0.3, -0.25) is 0 Å². The first kappa shape index (κ1) is 15.4. The Labute approximate surface area is 137 Å². The molecule has 0 spiro atoms. The van der Waals surface area contributed by atoms with Gasteiger partial charge in [0.15, 0.2) is 11.5 Å². The molecule has 7 heteroatoms. The summed E-state index contributed by atoms with van der Waals surface area (Å²) in [5, 5.41) is 9.07. The van der Waals surface area contributed by atoms with Gasteiger partial charge < -0.3 is 13.9 Å². The largest absolute Gasteiger partial charge is 0.493 e. The van der Waals surface area contributed by atoms with Crippen molar-refractivity contribution < 1.29 is 13.9 Å². The second-order valence-electron chi connectivity index (χ2n) is 4.53. The Morgan fingerprint density at radius 3 is 2.65 bits per heavy atom. The van der Waals surface area contributed by atoms with Crippen LogP contribution in [0.3, 0.4) is 0 Å². The van der Waals surface area contributed by atoms with Crippen molar-refractivity contribution in [2.45, 2.75) is 10.8 Å². The summed E-state index contributed by atoms with van der Waals surface area (Å²) in [5.41, 5.74) is 0.782. The third kappa shape index (κ3) is 3.62. The minimum Gasteiger partial charge on any atom is -0.493 e. The number of thioether (sulfide) groups is 1. The highest BCUT2D eigenvalue weighted by Crippen LogP contribution is 2.32. The Morgan fingerprint density at radius 1 is 1.04 bits per heavy atom. The van der Waals surface area contributed by atoms with E-state index >= 15 is 0 Å². The first-order chi connectivity index (χ1) is 11.3. The third-order valence-electron chi connectivity index (χ3n) is 3.08. The molecule has 0 unspecified atom stereocenters. The fourth-order valence-electron chi connectivity index (χ4n) is 1.97. The molecule has 0 radical (unpaired) electrons. The molecule has 2 aromatic heterocycles. The number of ether oxygens (including phenoxy) is 2. The minimum atomic E-state index is 0.447. The Balaban J connectivity index is 1.74. The van der Waals surface area contributed by atoms with Gasteiger partial charge in [0.25, 0.3) is 0 Å². The molecule has 3 aromatic rings. The quantitative estimate of drug-likeness (QED) is 0.641. The minimum absolute atomic E-state index is 0.447. The van der Waals surface area contributed by atoms with Gasteiger partial charge in [0.2, 0.25) is 11.8 Å². The van der Waals surface area contributed by atoms with Crippen LogP contribution >= 0.6 is 11.8 Å². The number of hydrogen-bond acceptors (Lipinski definition) is 7. The van der Waals surface area contributed by atoms with Crippen LogP contribution in [0.5, 0.6) is 11.5 Å². The van der Waals surface area contributed by atoms with Gasteiger partial charge in [-0.1, -0.05) is 17.8 Å². The van der Waals surface area contributed by atoms with Crippen LogP contribution in [-0.4, -0.2) is 29.4 Å². The van der Waals surface area contributed by atoms with Crippen molar-refractivity contribution in [3.05, 3.63) is 48.5 Å². The summed E-state index contributed by atoms with van der Waals surface area (Å²) < 4.78 is 16.2. The fraction of sp³-hybridized carbons (Fsp3) is 0.188. The lowest BCUT2D eigenvalue weighted by Crippen LogP contribution is -1.90. The number of hydrogen-bond donors (Lipinski definition) is 0. The second kappa shape index (κ2) is 7.15. The predicted octanol–water partition coefficient (Wildman–Crippen LogP) is 3.44. The molecular weight excluding hydrogens is 314 g/mol. The Kier molecular flexibility index (Phi) is 4.77. The molecule has 0 aliphatic heterocycles. The van der Waals surface area contributed by atoms with Gasteiger partial charge in [-0.2, -0.15) is 0 Å². The van der Waals surface area contributed by atoms with E-state index in [9.17, 15) is 0 Å². The summed E-state index contributed by atoms with van der Waals surface area (Å²) in [6.07, 6.45) is 1.76. The van der Waals surface area contributed by atoms with E-state index in [0.717, 1.165) is 10.6 Å². The molecule has 0 saturated carbocycles. The molecule has 0 bridgehead atoms. The van der Waals surface area contributed by atoms with Crippen LogP contribution in [0.2, 0.25) is 0 Å². The van der Waals surface area contributed by atoms with Crippen LogP contribution in [0.1, 0.15) is 5.89 Å². The fourth-order valence-corrected chi connectivity index (χ4v) is 2.66. The summed E-state index contributed by atoms with van der Waals surface area (Å²) in [7, 11) is 3.18. The molecule has 0 saturated heterocycles. The monoisotopic (exact) mass is 329 g/mol. The van der Waals surface area contributed by atoms with Crippen LogP contribution in [0, 0.1) is 0 Å². The van der Waals surface area contributed by atoms with Crippen LogP contribution < -0.4 is 9.47 Å². The molecule has 2 heterocycles. The summed E-state index contributed by atoms with van der Waals surface area (Å²) in [6.45, 7) is 0. The van der Waals surface area contributed by atoms with E-state index in [0.29, 0.717) is 29.0 Å². The zero-order chi connectivity index (χ0) is 16.1. The van der Waals surface area contributed by atoms with Gasteiger partial charge in [-0.05, 0) is 30.3 Å². The lowest BCUT2D eigenvalue weighted by Gasteiger charge is -2.07. The maximum absolute atomic E-state index is 5.70. The van der Waals surface area contributed by atoms with Crippen molar-refractivity contribution in [1.29, 1.82) is 0 Å². The van der Waals surface area contributed by atoms with Crippen molar-refractivity contribution in [3.63, 3.8) is 0 Å². The first-order valence-corrected chi connectivity index (χ1v) is 7.87. The highest BCUT2D eigenvalue weighted by Gasteiger charge is 2.12. The molecule has 0 amide bonds. The number of rotatable bonds is 6. The number of pyridine rings is 1. The van der Waals surface area contributed by atoms with Crippen molar-refractivity contribution in [3.8, 4) is 23.0 Å². The third-order valence-corrected chi connectivity index (χ3v) is 4.01. The molecule has 0 aliphatic carbocycles. The Morgan fingerprint density at radius 2 is 1.91 bits per heavy atom. The zero-order valence-electron chi connectivity index (χ0n) is 12.7. The maximum atomic E-state index is 5.70. The molecule has 118 valence electrons. The van der Waals surface area contributed by atoms with Crippen LogP contribution in [0.25, 0.3) is 11.5 Å². The van der Waals surface area contributed by atoms with E-state index in [4.69, 9.17) is 13.9 Å². The van der Waals surface area contributed by atoms with Gasteiger partial charge in [-0.15, -0.1) is 10.2 Å². The maximum Gasteiger partial charge on any atom is 0.247 e. The van der Waals surface area contributed by atoms with Crippen molar-refractivity contribution in [1.82, 2.24) is 15.2 Å². The summed E-state index contributed by atoms with van der Waals surface area (Å²) in [6, 6.07) is 11.2. The smallest absolute Gasteiger partial charge is 0.247 e. The highest BCUT2D eigenvalue weighted by molar-refractivity contribution is 7.98. The normalized spacial score (nSPS) is 10.5.